The average Bonchev–Trinajstić information content (AvgIpc) is 3.16. The van der Waals surface area contributed by atoms with Crippen molar-refractivity contribution in [2.24, 2.45) is 0 Å². The van der Waals surface area contributed by atoms with Gasteiger partial charge in [-0.1, -0.05) is 41.7 Å². The maximum Gasteiger partial charge on any atom is 0.290 e. The van der Waals surface area contributed by atoms with Gasteiger partial charge >= 0.3 is 0 Å². The van der Waals surface area contributed by atoms with Crippen molar-refractivity contribution >= 4 is 22.9 Å². The number of aromatic nitrogens is 2. The van der Waals surface area contributed by atoms with E-state index in [4.69, 9.17) is 14.6 Å². The number of carboxylic acid groups (broad SMARTS) is 1. The highest BCUT2D eigenvalue weighted by molar-refractivity contribution is 7.15. The third-order valence-corrected chi connectivity index (χ3v) is 6.15. The molecule has 2 aliphatic heterocycles. The molecule has 2 fully saturated rings. The van der Waals surface area contributed by atoms with Crippen LogP contribution in [0.4, 0.5) is 5.13 Å². The van der Waals surface area contributed by atoms with E-state index in [2.05, 4.69) is 20.0 Å². The smallest absolute Gasteiger partial charge is 0.290 e. The molecule has 0 unspecified atom stereocenters. The summed E-state index contributed by atoms with van der Waals surface area (Å²) < 4.78 is 5.52. The van der Waals surface area contributed by atoms with Gasteiger partial charge in [-0.15, -0.1) is 10.2 Å². The quantitative estimate of drug-likeness (QED) is 0.737. The van der Waals surface area contributed by atoms with E-state index in [1.54, 1.807) is 11.3 Å². The molecular formula is C19H26N4O4S. The third-order valence-electron chi connectivity index (χ3n) is 5.25. The first-order valence-electron chi connectivity index (χ1n) is 9.31. The predicted octanol–water partition coefficient (Wildman–Crippen LogP) is 1.35. The fraction of sp³-hybridized carbons (Fsp3) is 0.526. The molecule has 2 saturated heterocycles. The van der Waals surface area contributed by atoms with Crippen LogP contribution in [0, 0.1) is 6.92 Å². The second kappa shape index (κ2) is 9.42. The summed E-state index contributed by atoms with van der Waals surface area (Å²) in [6.07, 6.45) is 0.678. The number of hydrogen-bond acceptors (Lipinski definition) is 8. The fourth-order valence-corrected chi connectivity index (χ4v) is 4.60. The first-order valence-corrected chi connectivity index (χ1v) is 10.1. The van der Waals surface area contributed by atoms with Gasteiger partial charge in [0.1, 0.15) is 10.6 Å². The van der Waals surface area contributed by atoms with Gasteiger partial charge in [0, 0.05) is 26.2 Å². The number of benzene rings is 1. The summed E-state index contributed by atoms with van der Waals surface area (Å²) in [6, 6.07) is 10.1. The standard InChI is InChI=1S/C18H24N4O2S.CH2O2/c1-14-19-20-17(25-14)22-8-7-18(23,15-5-3-2-4-6-15)16(13-22)21-9-11-24-12-10-21;2-1-3/h2-6,16,23H,7-13H2,1H3;1H,(H,2,3)/t16-,18+;/m1./s1. The minimum atomic E-state index is -0.852. The van der Waals surface area contributed by atoms with Gasteiger partial charge in [-0.2, -0.15) is 0 Å². The lowest BCUT2D eigenvalue weighted by Gasteiger charge is -2.50. The van der Waals surface area contributed by atoms with Crippen molar-refractivity contribution in [2.75, 3.05) is 44.3 Å². The number of nitrogens with zero attached hydrogens (tertiary/aromatic N) is 4. The van der Waals surface area contributed by atoms with Crippen LogP contribution in [-0.2, 0) is 15.1 Å². The summed E-state index contributed by atoms with van der Waals surface area (Å²) in [5.41, 5.74) is 0.147. The largest absolute Gasteiger partial charge is 0.483 e. The van der Waals surface area contributed by atoms with Crippen LogP contribution in [0.3, 0.4) is 0 Å². The number of hydrogen-bond donors (Lipinski definition) is 2. The van der Waals surface area contributed by atoms with E-state index in [1.807, 2.05) is 37.3 Å². The van der Waals surface area contributed by atoms with Crippen molar-refractivity contribution in [1.29, 1.82) is 0 Å². The highest BCUT2D eigenvalue weighted by Gasteiger charge is 2.46. The Labute approximate surface area is 168 Å². The average molecular weight is 407 g/mol. The Kier molecular flexibility index (Phi) is 6.95. The topological polar surface area (TPSA) is 99.0 Å². The van der Waals surface area contributed by atoms with Crippen molar-refractivity contribution in [3.63, 3.8) is 0 Å². The lowest BCUT2D eigenvalue weighted by Crippen LogP contribution is -2.62. The van der Waals surface area contributed by atoms with E-state index in [9.17, 15) is 5.11 Å². The fourth-order valence-electron chi connectivity index (χ4n) is 3.88. The Hall–Kier alpha value is -2.07. The summed E-state index contributed by atoms with van der Waals surface area (Å²) in [4.78, 5) is 13.0. The van der Waals surface area contributed by atoms with Crippen LogP contribution in [0.5, 0.6) is 0 Å². The van der Waals surface area contributed by atoms with E-state index in [0.717, 1.165) is 55.1 Å². The third kappa shape index (κ3) is 4.49. The Bertz CT molecular complexity index is 753. The second-order valence-electron chi connectivity index (χ2n) is 6.86. The second-order valence-corrected chi connectivity index (χ2v) is 8.02. The molecule has 4 rings (SSSR count). The van der Waals surface area contributed by atoms with Crippen LogP contribution >= 0.6 is 11.3 Å². The van der Waals surface area contributed by atoms with Crippen molar-refractivity contribution in [1.82, 2.24) is 15.1 Å². The van der Waals surface area contributed by atoms with Gasteiger partial charge in [-0.25, -0.2) is 0 Å². The van der Waals surface area contributed by atoms with Gasteiger partial charge in [0.05, 0.1) is 19.3 Å². The van der Waals surface area contributed by atoms with Gasteiger partial charge < -0.3 is 19.8 Å². The van der Waals surface area contributed by atoms with Crippen LogP contribution in [0.15, 0.2) is 30.3 Å². The Balaban J connectivity index is 0.000000706. The number of ether oxygens (including phenoxy) is 1. The number of aliphatic hydroxyl groups is 1. The minimum Gasteiger partial charge on any atom is -0.483 e. The lowest BCUT2D eigenvalue weighted by atomic mass is 9.79. The zero-order valence-corrected chi connectivity index (χ0v) is 16.7. The molecule has 3 heterocycles. The van der Waals surface area contributed by atoms with Crippen molar-refractivity contribution in [3.05, 3.63) is 40.9 Å². The molecule has 0 aliphatic carbocycles. The molecule has 1 aromatic carbocycles. The summed E-state index contributed by atoms with van der Waals surface area (Å²) >= 11 is 1.62. The molecule has 2 atom stereocenters. The number of rotatable bonds is 3. The Morgan fingerprint density at radius 3 is 2.50 bits per heavy atom. The summed E-state index contributed by atoms with van der Waals surface area (Å²) in [6.45, 7) is 6.40. The molecule has 28 heavy (non-hydrogen) atoms. The maximum absolute atomic E-state index is 11.7. The molecular weight excluding hydrogens is 380 g/mol. The van der Waals surface area contributed by atoms with Crippen molar-refractivity contribution in [3.8, 4) is 0 Å². The zero-order valence-electron chi connectivity index (χ0n) is 15.9. The molecule has 0 bridgehead atoms. The molecule has 8 nitrogen and oxygen atoms in total. The van der Waals surface area contributed by atoms with Crippen molar-refractivity contribution < 1.29 is 19.7 Å². The molecule has 9 heteroatoms. The number of aryl methyl sites for hydroxylation is 1. The van der Waals surface area contributed by atoms with Crippen LogP contribution in [0.1, 0.15) is 17.0 Å². The molecule has 2 N–H and O–H groups in total. The van der Waals surface area contributed by atoms with Crippen LogP contribution in [0.2, 0.25) is 0 Å². The molecule has 1 aromatic heterocycles. The van der Waals surface area contributed by atoms with E-state index >= 15 is 0 Å². The normalized spacial score (nSPS) is 25.6. The van der Waals surface area contributed by atoms with E-state index in [0.29, 0.717) is 6.42 Å². The Morgan fingerprint density at radius 2 is 1.89 bits per heavy atom. The predicted molar refractivity (Wildman–Crippen MR) is 107 cm³/mol. The molecule has 2 aromatic rings. The van der Waals surface area contributed by atoms with Gasteiger partial charge in [0.15, 0.2) is 0 Å². The number of carbonyl (C=O) groups is 1. The van der Waals surface area contributed by atoms with E-state index in [1.165, 1.54) is 0 Å². The van der Waals surface area contributed by atoms with Gasteiger partial charge in [-0.3, -0.25) is 9.69 Å². The first kappa shape index (κ1) is 20.7. The lowest BCUT2D eigenvalue weighted by molar-refractivity contribution is -0.122. The molecule has 0 spiro atoms. The van der Waals surface area contributed by atoms with Gasteiger partial charge in [0.25, 0.3) is 6.47 Å². The number of morpholine rings is 1. The van der Waals surface area contributed by atoms with E-state index in [-0.39, 0.29) is 12.5 Å². The van der Waals surface area contributed by atoms with Crippen molar-refractivity contribution in [2.45, 2.75) is 25.0 Å². The molecule has 2 aliphatic rings. The monoisotopic (exact) mass is 406 g/mol. The number of piperidine rings is 1. The SMILES string of the molecule is Cc1nnc(N2CC[C@](O)(c3ccccc3)[C@H](N3CCOCC3)C2)s1.O=CO. The molecule has 0 saturated carbocycles. The molecule has 0 amide bonds. The first-order chi connectivity index (χ1) is 13.6. The van der Waals surface area contributed by atoms with Gasteiger partial charge in [-0.05, 0) is 18.9 Å². The number of anilines is 1. The highest BCUT2D eigenvalue weighted by atomic mass is 32.1. The zero-order chi connectivity index (χ0) is 20.0. The summed E-state index contributed by atoms with van der Waals surface area (Å²) in [5.74, 6) is 0. The Morgan fingerprint density at radius 1 is 1.21 bits per heavy atom. The van der Waals surface area contributed by atoms with Crippen LogP contribution in [0.25, 0.3) is 0 Å². The maximum atomic E-state index is 11.7. The summed E-state index contributed by atoms with van der Waals surface area (Å²) in [7, 11) is 0. The molecule has 152 valence electrons. The molecule has 0 radical (unpaired) electrons. The van der Waals surface area contributed by atoms with E-state index < -0.39 is 5.60 Å². The summed E-state index contributed by atoms with van der Waals surface area (Å²) in [5, 5.41) is 29.0. The minimum absolute atomic E-state index is 0.0109. The van der Waals surface area contributed by atoms with Crippen LogP contribution < -0.4 is 4.90 Å². The van der Waals surface area contributed by atoms with Crippen LogP contribution in [-0.4, -0.2) is 77.2 Å². The van der Waals surface area contributed by atoms with Gasteiger partial charge in [0.2, 0.25) is 5.13 Å². The highest BCUT2D eigenvalue weighted by Crippen LogP contribution is 2.38.